The van der Waals surface area contributed by atoms with Crippen LogP contribution in [0.5, 0.6) is 0 Å². The second-order valence-corrected chi connectivity index (χ2v) is 10.3. The number of amides is 1. The normalized spacial score (nSPS) is 14.7. The molecule has 0 radical (unpaired) electrons. The SMILES string of the molecule is CO[C@H](CN(C)C(=O)c1ccccc1F)[C@H](C)CN([C@@H](C)CO)S(=O)(=O)c1ccc(Cl)cc1. The zero-order chi connectivity index (χ0) is 24.8. The van der Waals surface area contributed by atoms with Crippen LogP contribution >= 0.6 is 11.6 Å². The topological polar surface area (TPSA) is 87.2 Å². The van der Waals surface area contributed by atoms with Gasteiger partial charge >= 0.3 is 0 Å². The zero-order valence-corrected chi connectivity index (χ0v) is 20.7. The Morgan fingerprint density at radius 3 is 2.27 bits per heavy atom. The molecule has 0 aliphatic heterocycles. The maximum atomic E-state index is 14.0. The van der Waals surface area contributed by atoms with Gasteiger partial charge in [0, 0.05) is 38.3 Å². The van der Waals surface area contributed by atoms with Crippen LogP contribution in [0.25, 0.3) is 0 Å². The molecule has 0 heterocycles. The molecule has 2 rings (SSSR count). The molecule has 7 nitrogen and oxygen atoms in total. The third kappa shape index (κ3) is 6.74. The first kappa shape index (κ1) is 27.2. The minimum atomic E-state index is -3.93. The van der Waals surface area contributed by atoms with Gasteiger partial charge in [0.1, 0.15) is 5.82 Å². The van der Waals surface area contributed by atoms with Crippen molar-refractivity contribution in [3.05, 3.63) is 64.9 Å². The van der Waals surface area contributed by atoms with E-state index in [1.807, 2.05) is 0 Å². The molecular formula is C23H30ClFN2O5S. The number of nitrogens with zero attached hydrogens (tertiary/aromatic N) is 2. The van der Waals surface area contributed by atoms with Crippen LogP contribution in [0.15, 0.2) is 53.4 Å². The predicted octanol–water partition coefficient (Wildman–Crippen LogP) is 3.27. The smallest absolute Gasteiger partial charge is 0.256 e. The van der Waals surface area contributed by atoms with E-state index in [-0.39, 0.29) is 36.1 Å². The van der Waals surface area contributed by atoms with Gasteiger partial charge < -0.3 is 14.7 Å². The lowest BCUT2D eigenvalue weighted by atomic mass is 10.0. The average Bonchev–Trinajstić information content (AvgIpc) is 2.80. The second-order valence-electron chi connectivity index (χ2n) is 7.98. The Morgan fingerprint density at radius 2 is 1.73 bits per heavy atom. The number of carbonyl (C=O) groups is 1. The Bertz CT molecular complexity index is 1040. The largest absolute Gasteiger partial charge is 0.395 e. The number of likely N-dealkylation sites (N-methyl/N-ethyl adjacent to an activating group) is 1. The van der Waals surface area contributed by atoms with Crippen molar-refractivity contribution in [3.8, 4) is 0 Å². The molecular weight excluding hydrogens is 471 g/mol. The monoisotopic (exact) mass is 500 g/mol. The number of rotatable bonds is 11. The molecule has 0 saturated heterocycles. The first-order chi connectivity index (χ1) is 15.5. The Hall–Kier alpha value is -2.04. The van der Waals surface area contributed by atoms with Gasteiger partial charge in [0.15, 0.2) is 0 Å². The second kappa shape index (κ2) is 11.9. The standard InChI is InChI=1S/C23H30ClFN2O5S/c1-16(22(32-4)14-26(3)23(29)20-7-5-6-8-21(20)25)13-27(17(2)15-28)33(30,31)19-11-9-18(24)10-12-19/h5-12,16-17,22,28H,13-15H2,1-4H3/t16-,17+,22-/m1/s1. The number of hydrogen-bond acceptors (Lipinski definition) is 5. The molecule has 2 aromatic carbocycles. The Labute approximate surface area is 199 Å². The Balaban J connectivity index is 2.21. The van der Waals surface area contributed by atoms with Crippen molar-refractivity contribution in [2.45, 2.75) is 30.9 Å². The lowest BCUT2D eigenvalue weighted by molar-refractivity contribution is 0.0220. The van der Waals surface area contributed by atoms with Crippen LogP contribution in [0.1, 0.15) is 24.2 Å². The van der Waals surface area contributed by atoms with Crippen molar-refractivity contribution in [2.75, 3.05) is 33.9 Å². The van der Waals surface area contributed by atoms with E-state index in [4.69, 9.17) is 16.3 Å². The third-order valence-electron chi connectivity index (χ3n) is 5.49. The summed E-state index contributed by atoms with van der Waals surface area (Å²) in [6, 6.07) is 10.8. The van der Waals surface area contributed by atoms with Crippen molar-refractivity contribution < 1.29 is 27.4 Å². The van der Waals surface area contributed by atoms with E-state index in [1.54, 1.807) is 19.9 Å². The summed E-state index contributed by atoms with van der Waals surface area (Å²) in [6.07, 6.45) is -0.542. The van der Waals surface area contributed by atoms with Crippen LogP contribution in [-0.4, -0.2) is 74.6 Å². The number of carbonyl (C=O) groups excluding carboxylic acids is 1. The molecule has 0 saturated carbocycles. The van der Waals surface area contributed by atoms with E-state index in [9.17, 15) is 22.7 Å². The predicted molar refractivity (Wildman–Crippen MR) is 125 cm³/mol. The van der Waals surface area contributed by atoms with Crippen molar-refractivity contribution in [2.24, 2.45) is 5.92 Å². The molecule has 3 atom stereocenters. The highest BCUT2D eigenvalue weighted by atomic mass is 35.5. The first-order valence-electron chi connectivity index (χ1n) is 10.4. The minimum Gasteiger partial charge on any atom is -0.395 e. The number of ether oxygens (including phenoxy) is 1. The summed E-state index contributed by atoms with van der Waals surface area (Å²) >= 11 is 5.88. The van der Waals surface area contributed by atoms with E-state index < -0.39 is 33.9 Å². The van der Waals surface area contributed by atoms with Crippen LogP contribution in [0.4, 0.5) is 4.39 Å². The number of methoxy groups -OCH3 is 1. The number of halogens is 2. The van der Waals surface area contributed by atoms with Crippen LogP contribution in [0.2, 0.25) is 5.02 Å². The van der Waals surface area contributed by atoms with Crippen LogP contribution in [0.3, 0.4) is 0 Å². The summed E-state index contributed by atoms with van der Waals surface area (Å²) in [7, 11) is -0.928. The fourth-order valence-corrected chi connectivity index (χ4v) is 5.28. The first-order valence-corrected chi connectivity index (χ1v) is 12.3. The highest BCUT2D eigenvalue weighted by molar-refractivity contribution is 7.89. The average molecular weight is 501 g/mol. The van der Waals surface area contributed by atoms with Gasteiger partial charge in [-0.3, -0.25) is 4.79 Å². The van der Waals surface area contributed by atoms with Gasteiger partial charge in [0.25, 0.3) is 5.91 Å². The number of sulfonamides is 1. The number of hydrogen-bond donors (Lipinski definition) is 1. The minimum absolute atomic E-state index is 0.0346. The molecule has 1 N–H and O–H groups in total. The number of aliphatic hydroxyl groups is 1. The van der Waals surface area contributed by atoms with Crippen LogP contribution in [0, 0.1) is 11.7 Å². The van der Waals surface area contributed by atoms with E-state index in [2.05, 4.69) is 0 Å². The lowest BCUT2D eigenvalue weighted by Crippen LogP contribution is -2.47. The molecule has 33 heavy (non-hydrogen) atoms. The van der Waals surface area contributed by atoms with Gasteiger partial charge in [-0.05, 0) is 49.2 Å². The fourth-order valence-electron chi connectivity index (χ4n) is 3.43. The third-order valence-corrected chi connectivity index (χ3v) is 7.73. The van der Waals surface area contributed by atoms with Gasteiger partial charge in [-0.2, -0.15) is 4.31 Å². The molecule has 0 fully saturated rings. The van der Waals surface area contributed by atoms with Crippen LogP contribution in [-0.2, 0) is 14.8 Å². The van der Waals surface area contributed by atoms with E-state index in [0.717, 1.165) is 0 Å². The summed E-state index contributed by atoms with van der Waals surface area (Å²) < 4.78 is 47.3. The summed E-state index contributed by atoms with van der Waals surface area (Å²) in [4.78, 5) is 14.1. The molecule has 0 aliphatic carbocycles. The van der Waals surface area contributed by atoms with E-state index in [0.29, 0.717) is 5.02 Å². The maximum Gasteiger partial charge on any atom is 0.256 e. The summed E-state index contributed by atoms with van der Waals surface area (Å²) in [5.41, 5.74) is -0.0525. The molecule has 2 aromatic rings. The van der Waals surface area contributed by atoms with E-state index in [1.165, 1.54) is 65.8 Å². The molecule has 0 unspecified atom stereocenters. The highest BCUT2D eigenvalue weighted by Crippen LogP contribution is 2.23. The summed E-state index contributed by atoms with van der Waals surface area (Å²) in [5.74, 6) is -1.48. The van der Waals surface area contributed by atoms with Crippen molar-refractivity contribution in [1.82, 2.24) is 9.21 Å². The van der Waals surface area contributed by atoms with Gasteiger partial charge in [-0.25, -0.2) is 12.8 Å². The molecule has 0 bridgehead atoms. The lowest BCUT2D eigenvalue weighted by Gasteiger charge is -2.33. The van der Waals surface area contributed by atoms with Gasteiger partial charge in [0.05, 0.1) is 23.2 Å². The van der Waals surface area contributed by atoms with E-state index >= 15 is 0 Å². The number of benzene rings is 2. The zero-order valence-electron chi connectivity index (χ0n) is 19.1. The van der Waals surface area contributed by atoms with Gasteiger partial charge in [0.2, 0.25) is 10.0 Å². The molecule has 1 amide bonds. The quantitative estimate of drug-likeness (QED) is 0.511. The summed E-state index contributed by atoms with van der Waals surface area (Å²) in [5, 5.41) is 10.1. The molecule has 0 spiro atoms. The van der Waals surface area contributed by atoms with Crippen molar-refractivity contribution >= 4 is 27.5 Å². The summed E-state index contributed by atoms with van der Waals surface area (Å²) in [6.45, 7) is 3.18. The molecule has 182 valence electrons. The molecule has 0 aliphatic rings. The van der Waals surface area contributed by atoms with Crippen LogP contribution < -0.4 is 0 Å². The Morgan fingerprint density at radius 1 is 1.12 bits per heavy atom. The molecule has 10 heteroatoms. The van der Waals surface area contributed by atoms with Crippen molar-refractivity contribution in [3.63, 3.8) is 0 Å². The number of aliphatic hydroxyl groups excluding tert-OH is 1. The highest BCUT2D eigenvalue weighted by Gasteiger charge is 2.33. The fraction of sp³-hybridized carbons (Fsp3) is 0.435. The maximum absolute atomic E-state index is 14.0. The van der Waals surface area contributed by atoms with Crippen molar-refractivity contribution in [1.29, 1.82) is 0 Å². The molecule has 0 aromatic heterocycles. The Kier molecular flexibility index (Phi) is 9.81. The van der Waals surface area contributed by atoms with Gasteiger partial charge in [-0.1, -0.05) is 30.7 Å². The van der Waals surface area contributed by atoms with Gasteiger partial charge in [-0.15, -0.1) is 0 Å².